The highest BCUT2D eigenvalue weighted by molar-refractivity contribution is 5.80. The molecule has 1 aromatic rings. The number of hydrogen-bond donors (Lipinski definition) is 4. The van der Waals surface area contributed by atoms with Crippen LogP contribution in [0.15, 0.2) is 27.8 Å². The van der Waals surface area contributed by atoms with Crippen molar-refractivity contribution in [2.24, 2.45) is 10.9 Å². The number of guanidine groups is 1. The van der Waals surface area contributed by atoms with Crippen LogP contribution in [-0.2, 0) is 10.4 Å². The molecule has 0 saturated heterocycles. The molecule has 1 unspecified atom stereocenters. The summed E-state index contributed by atoms with van der Waals surface area (Å²) in [5, 5.41) is 19.8. The van der Waals surface area contributed by atoms with Crippen LogP contribution in [0.5, 0.6) is 0 Å². The molecule has 0 aliphatic heterocycles. The Morgan fingerprint density at radius 1 is 1.36 bits per heavy atom. The summed E-state index contributed by atoms with van der Waals surface area (Å²) in [6.45, 7) is 5.93. The van der Waals surface area contributed by atoms with Gasteiger partial charge < -0.3 is 25.5 Å². The third kappa shape index (κ3) is 6.08. The van der Waals surface area contributed by atoms with Crippen LogP contribution in [0.4, 0.5) is 0 Å². The van der Waals surface area contributed by atoms with Gasteiger partial charge >= 0.3 is 0 Å². The van der Waals surface area contributed by atoms with Gasteiger partial charge in [-0.15, -0.1) is 0 Å². The van der Waals surface area contributed by atoms with Crippen LogP contribution in [0, 0.1) is 5.92 Å². The molecule has 0 aromatic carbocycles. The Labute approximate surface area is 149 Å². The SMILES string of the molecule is CCNC(=NCC(C)(O)c1ccco1)NCCCNC(=O)C1CCC1. The van der Waals surface area contributed by atoms with Gasteiger partial charge in [0.05, 0.1) is 12.8 Å². The Bertz CT molecular complexity index is 551. The van der Waals surface area contributed by atoms with E-state index in [0.717, 1.165) is 25.8 Å². The molecular formula is C18H30N4O3. The first-order chi connectivity index (χ1) is 12.0. The minimum Gasteiger partial charge on any atom is -0.466 e. The average Bonchev–Trinajstić information content (AvgIpc) is 3.05. The van der Waals surface area contributed by atoms with Crippen LogP contribution in [0.1, 0.15) is 45.3 Å². The molecule has 140 valence electrons. The summed E-state index contributed by atoms with van der Waals surface area (Å²) in [6, 6.07) is 3.48. The summed E-state index contributed by atoms with van der Waals surface area (Å²) in [5.74, 6) is 1.54. The average molecular weight is 350 g/mol. The zero-order valence-electron chi connectivity index (χ0n) is 15.2. The molecule has 7 nitrogen and oxygen atoms in total. The Morgan fingerprint density at radius 2 is 2.12 bits per heavy atom. The molecule has 7 heteroatoms. The molecular weight excluding hydrogens is 320 g/mol. The molecule has 1 fully saturated rings. The molecule has 1 saturated carbocycles. The van der Waals surface area contributed by atoms with E-state index in [9.17, 15) is 9.90 Å². The molecule has 0 radical (unpaired) electrons. The predicted octanol–water partition coefficient (Wildman–Crippen LogP) is 1.35. The molecule has 2 rings (SSSR count). The fourth-order valence-electron chi connectivity index (χ4n) is 2.56. The third-order valence-corrected chi connectivity index (χ3v) is 4.36. The lowest BCUT2D eigenvalue weighted by Gasteiger charge is -2.24. The van der Waals surface area contributed by atoms with E-state index in [1.807, 2.05) is 6.92 Å². The lowest BCUT2D eigenvalue weighted by atomic mass is 9.85. The highest BCUT2D eigenvalue weighted by Gasteiger charge is 2.26. The fourth-order valence-corrected chi connectivity index (χ4v) is 2.56. The van der Waals surface area contributed by atoms with E-state index in [1.54, 1.807) is 19.1 Å². The van der Waals surface area contributed by atoms with Gasteiger partial charge in [0.25, 0.3) is 0 Å². The Kier molecular flexibility index (Phi) is 7.31. The van der Waals surface area contributed by atoms with Crippen LogP contribution in [0.2, 0.25) is 0 Å². The smallest absolute Gasteiger partial charge is 0.223 e. The van der Waals surface area contributed by atoms with Gasteiger partial charge in [0.1, 0.15) is 11.4 Å². The number of amides is 1. The van der Waals surface area contributed by atoms with E-state index >= 15 is 0 Å². The molecule has 1 amide bonds. The molecule has 1 aromatic heterocycles. The van der Waals surface area contributed by atoms with Crippen molar-refractivity contribution in [3.05, 3.63) is 24.2 Å². The van der Waals surface area contributed by atoms with Gasteiger partial charge in [0.2, 0.25) is 5.91 Å². The predicted molar refractivity (Wildman–Crippen MR) is 97.2 cm³/mol. The van der Waals surface area contributed by atoms with Crippen LogP contribution in [0.3, 0.4) is 0 Å². The summed E-state index contributed by atoms with van der Waals surface area (Å²) in [4.78, 5) is 16.2. The number of furan rings is 1. The van der Waals surface area contributed by atoms with Gasteiger partial charge in [-0.3, -0.25) is 4.79 Å². The Balaban J connectivity index is 1.71. The Hall–Kier alpha value is -2.02. The zero-order chi connectivity index (χ0) is 18.1. The first kappa shape index (κ1) is 19.3. The van der Waals surface area contributed by atoms with Gasteiger partial charge in [-0.05, 0) is 45.2 Å². The Morgan fingerprint density at radius 3 is 2.72 bits per heavy atom. The van der Waals surface area contributed by atoms with Crippen molar-refractivity contribution in [1.82, 2.24) is 16.0 Å². The normalized spacial score (nSPS) is 17.5. The topological polar surface area (TPSA) is 98.9 Å². The molecule has 1 atom stereocenters. The largest absolute Gasteiger partial charge is 0.466 e. The van der Waals surface area contributed by atoms with E-state index in [1.165, 1.54) is 12.7 Å². The van der Waals surface area contributed by atoms with E-state index < -0.39 is 5.60 Å². The standard InChI is InChI=1S/C18H30N4O3/c1-3-19-17(22-13-18(2,24)15-9-5-12-25-15)21-11-6-10-20-16(23)14-7-4-8-14/h5,9,12,14,24H,3-4,6-8,10-11,13H2,1-2H3,(H,20,23)(H2,19,21,22). The molecule has 1 heterocycles. The summed E-state index contributed by atoms with van der Waals surface area (Å²) in [6.07, 6.45) is 5.57. The lowest BCUT2D eigenvalue weighted by molar-refractivity contribution is -0.127. The van der Waals surface area contributed by atoms with E-state index in [2.05, 4.69) is 20.9 Å². The number of rotatable bonds is 9. The number of aliphatic imine (C=N–C) groups is 1. The maximum atomic E-state index is 11.7. The van der Waals surface area contributed by atoms with Gasteiger partial charge in [0, 0.05) is 25.6 Å². The quantitative estimate of drug-likeness (QED) is 0.306. The van der Waals surface area contributed by atoms with Crippen molar-refractivity contribution in [1.29, 1.82) is 0 Å². The highest BCUT2D eigenvalue weighted by Crippen LogP contribution is 2.26. The number of nitrogens with zero attached hydrogens (tertiary/aromatic N) is 1. The number of carbonyl (C=O) groups excluding carboxylic acids is 1. The van der Waals surface area contributed by atoms with E-state index in [4.69, 9.17) is 4.42 Å². The maximum absolute atomic E-state index is 11.7. The number of nitrogens with one attached hydrogen (secondary N) is 3. The van der Waals surface area contributed by atoms with Crippen molar-refractivity contribution < 1.29 is 14.3 Å². The number of aliphatic hydroxyl groups is 1. The van der Waals surface area contributed by atoms with Crippen LogP contribution < -0.4 is 16.0 Å². The van der Waals surface area contributed by atoms with Gasteiger partial charge in [0.15, 0.2) is 5.96 Å². The van der Waals surface area contributed by atoms with Crippen molar-refractivity contribution in [3.63, 3.8) is 0 Å². The molecule has 0 spiro atoms. The summed E-state index contributed by atoms with van der Waals surface area (Å²) in [7, 11) is 0. The molecule has 4 N–H and O–H groups in total. The van der Waals surface area contributed by atoms with Crippen molar-refractivity contribution in [3.8, 4) is 0 Å². The van der Waals surface area contributed by atoms with Crippen LogP contribution in [0.25, 0.3) is 0 Å². The second-order valence-electron chi connectivity index (χ2n) is 6.65. The number of carbonyl (C=O) groups is 1. The summed E-state index contributed by atoms with van der Waals surface area (Å²) < 4.78 is 5.26. The van der Waals surface area contributed by atoms with Gasteiger partial charge in [-0.25, -0.2) is 4.99 Å². The minimum atomic E-state index is -1.15. The third-order valence-electron chi connectivity index (χ3n) is 4.36. The van der Waals surface area contributed by atoms with Gasteiger partial charge in [-0.2, -0.15) is 0 Å². The van der Waals surface area contributed by atoms with E-state index in [0.29, 0.717) is 24.8 Å². The first-order valence-electron chi connectivity index (χ1n) is 9.09. The van der Waals surface area contributed by atoms with Crippen LogP contribution >= 0.6 is 0 Å². The first-order valence-corrected chi connectivity index (χ1v) is 9.09. The molecule has 1 aliphatic rings. The zero-order valence-corrected chi connectivity index (χ0v) is 15.2. The fraction of sp³-hybridized carbons (Fsp3) is 0.667. The van der Waals surface area contributed by atoms with Crippen LogP contribution in [-0.4, -0.2) is 43.2 Å². The minimum absolute atomic E-state index is 0.182. The second-order valence-corrected chi connectivity index (χ2v) is 6.65. The van der Waals surface area contributed by atoms with Gasteiger partial charge in [-0.1, -0.05) is 6.42 Å². The molecule has 25 heavy (non-hydrogen) atoms. The second kappa shape index (κ2) is 9.46. The van der Waals surface area contributed by atoms with Crippen molar-refractivity contribution >= 4 is 11.9 Å². The molecule has 0 bridgehead atoms. The van der Waals surface area contributed by atoms with Crippen molar-refractivity contribution in [2.75, 3.05) is 26.2 Å². The lowest BCUT2D eigenvalue weighted by Crippen LogP contribution is -2.40. The molecule has 1 aliphatic carbocycles. The monoisotopic (exact) mass is 350 g/mol. The number of hydrogen-bond acceptors (Lipinski definition) is 4. The van der Waals surface area contributed by atoms with Crippen molar-refractivity contribution in [2.45, 2.75) is 45.1 Å². The summed E-state index contributed by atoms with van der Waals surface area (Å²) >= 11 is 0. The van der Waals surface area contributed by atoms with E-state index in [-0.39, 0.29) is 18.4 Å². The highest BCUT2D eigenvalue weighted by atomic mass is 16.4. The maximum Gasteiger partial charge on any atom is 0.223 e. The summed E-state index contributed by atoms with van der Waals surface area (Å²) in [5.41, 5.74) is -1.15.